The van der Waals surface area contributed by atoms with Crippen molar-refractivity contribution in [2.45, 2.75) is 13.0 Å². The first kappa shape index (κ1) is 12.8. The monoisotopic (exact) mass is 377 g/mol. The summed E-state index contributed by atoms with van der Waals surface area (Å²) in [5.41, 5.74) is 0.625. The second-order valence-electron chi connectivity index (χ2n) is 3.41. The summed E-state index contributed by atoms with van der Waals surface area (Å²) in [6.07, 6.45) is 3.39. The molecule has 4 nitrogen and oxygen atoms in total. The minimum atomic E-state index is -0.150. The molecule has 7 heteroatoms. The Morgan fingerprint density at radius 1 is 1.59 bits per heavy atom. The van der Waals surface area contributed by atoms with E-state index in [0.29, 0.717) is 5.56 Å². The van der Waals surface area contributed by atoms with Gasteiger partial charge in [0.25, 0.3) is 5.91 Å². The lowest BCUT2D eigenvalue weighted by molar-refractivity contribution is 0.0938. The summed E-state index contributed by atoms with van der Waals surface area (Å²) in [5.74, 6) is 0.617. The van der Waals surface area contributed by atoms with Crippen LogP contribution in [-0.2, 0) is 0 Å². The first-order valence-electron chi connectivity index (χ1n) is 4.83. The molecule has 2 rings (SSSR count). The molecule has 1 amide bonds. The second-order valence-corrected chi connectivity index (χ2v) is 7.16. The van der Waals surface area contributed by atoms with Gasteiger partial charge in [-0.25, -0.2) is 4.98 Å². The third-order valence-corrected chi connectivity index (χ3v) is 4.52. The van der Waals surface area contributed by atoms with Gasteiger partial charge in [0.2, 0.25) is 0 Å². The Bertz CT molecular complexity index is 524. The number of hydrogen-bond acceptors (Lipinski definition) is 3. The van der Waals surface area contributed by atoms with Gasteiger partial charge in [-0.15, -0.1) is 11.3 Å². The number of imidazole rings is 1. The van der Waals surface area contributed by atoms with Gasteiger partial charge in [-0.05, 0) is 44.8 Å². The molecule has 2 aromatic heterocycles. The Morgan fingerprint density at radius 2 is 2.35 bits per heavy atom. The molecule has 2 heterocycles. The maximum Gasteiger partial charge on any atom is 0.253 e. The van der Waals surface area contributed by atoms with E-state index in [9.17, 15) is 4.79 Å². The Balaban J connectivity index is 2.09. The van der Waals surface area contributed by atoms with Crippen LogP contribution in [0.4, 0.5) is 0 Å². The summed E-state index contributed by atoms with van der Waals surface area (Å²) in [5, 5.41) is 2.88. The van der Waals surface area contributed by atoms with Gasteiger partial charge in [0, 0.05) is 12.4 Å². The van der Waals surface area contributed by atoms with Crippen molar-refractivity contribution < 1.29 is 4.79 Å². The lowest BCUT2D eigenvalue weighted by Gasteiger charge is -2.10. The van der Waals surface area contributed by atoms with Crippen LogP contribution in [0.25, 0.3) is 0 Å². The van der Waals surface area contributed by atoms with Crippen molar-refractivity contribution in [1.82, 2.24) is 15.3 Å². The molecule has 0 saturated carbocycles. The number of carbonyl (C=O) groups is 1. The van der Waals surface area contributed by atoms with E-state index in [4.69, 9.17) is 0 Å². The van der Waals surface area contributed by atoms with Gasteiger partial charge in [0.05, 0.1) is 19.2 Å². The number of H-pyrrole nitrogens is 1. The lowest BCUT2D eigenvalue weighted by atomic mass is 10.2. The van der Waals surface area contributed by atoms with E-state index in [1.165, 1.54) is 11.3 Å². The van der Waals surface area contributed by atoms with Gasteiger partial charge in [-0.2, -0.15) is 0 Å². The fourth-order valence-corrected chi connectivity index (χ4v) is 4.15. The fraction of sp³-hybridized carbons (Fsp3) is 0.200. The fourth-order valence-electron chi connectivity index (χ4n) is 1.35. The molecular formula is C10H9Br2N3OS. The summed E-state index contributed by atoms with van der Waals surface area (Å²) >= 11 is 8.18. The number of nitrogens with one attached hydrogen (secondary N) is 2. The zero-order chi connectivity index (χ0) is 12.4. The summed E-state index contributed by atoms with van der Waals surface area (Å²) < 4.78 is 1.73. The van der Waals surface area contributed by atoms with E-state index >= 15 is 0 Å². The SMILES string of the molecule is CC(NC(=O)c1cc(Br)sc1Br)c1ncc[nH]1. The summed E-state index contributed by atoms with van der Waals surface area (Å²) in [4.78, 5) is 19.1. The lowest BCUT2D eigenvalue weighted by Crippen LogP contribution is -2.27. The molecule has 0 fully saturated rings. The summed E-state index contributed by atoms with van der Waals surface area (Å²) in [6.45, 7) is 1.88. The molecule has 1 unspecified atom stereocenters. The average Bonchev–Trinajstić information content (AvgIpc) is 2.87. The molecule has 2 aromatic rings. The third kappa shape index (κ3) is 2.97. The molecule has 90 valence electrons. The highest BCUT2D eigenvalue weighted by Crippen LogP contribution is 2.31. The summed E-state index contributed by atoms with van der Waals surface area (Å²) in [7, 11) is 0. The summed E-state index contributed by atoms with van der Waals surface area (Å²) in [6, 6.07) is 1.64. The smallest absolute Gasteiger partial charge is 0.253 e. The third-order valence-electron chi connectivity index (χ3n) is 2.18. The zero-order valence-electron chi connectivity index (χ0n) is 8.83. The number of amides is 1. The Kier molecular flexibility index (Phi) is 4.01. The molecule has 2 N–H and O–H groups in total. The predicted octanol–water partition coefficient (Wildman–Crippen LogP) is 3.49. The van der Waals surface area contributed by atoms with Crippen molar-refractivity contribution in [2.24, 2.45) is 0 Å². The van der Waals surface area contributed by atoms with Gasteiger partial charge < -0.3 is 10.3 Å². The zero-order valence-corrected chi connectivity index (χ0v) is 12.8. The van der Waals surface area contributed by atoms with E-state index in [2.05, 4.69) is 47.1 Å². The van der Waals surface area contributed by atoms with Gasteiger partial charge in [-0.1, -0.05) is 0 Å². The molecule has 0 bridgehead atoms. The molecule has 0 spiro atoms. The van der Waals surface area contributed by atoms with Crippen LogP contribution in [0.3, 0.4) is 0 Å². The van der Waals surface area contributed by atoms with Crippen LogP contribution in [0.5, 0.6) is 0 Å². The number of halogens is 2. The highest BCUT2D eigenvalue weighted by atomic mass is 79.9. The van der Waals surface area contributed by atoms with Crippen molar-refractivity contribution in [3.05, 3.63) is 37.4 Å². The standard InChI is InChI=1S/C10H9Br2N3OS/c1-5(9-13-2-3-14-9)15-10(16)6-4-7(11)17-8(6)12/h2-5H,1H3,(H,13,14)(H,15,16). The van der Waals surface area contributed by atoms with Crippen LogP contribution in [0, 0.1) is 0 Å². The number of hydrogen-bond donors (Lipinski definition) is 2. The quantitative estimate of drug-likeness (QED) is 0.858. The van der Waals surface area contributed by atoms with Crippen molar-refractivity contribution in [3.63, 3.8) is 0 Å². The van der Waals surface area contributed by atoms with E-state index in [1.54, 1.807) is 18.5 Å². The van der Waals surface area contributed by atoms with E-state index in [-0.39, 0.29) is 11.9 Å². The van der Waals surface area contributed by atoms with Crippen molar-refractivity contribution >= 4 is 49.1 Å². The van der Waals surface area contributed by atoms with E-state index < -0.39 is 0 Å². The molecular weight excluding hydrogens is 370 g/mol. The predicted molar refractivity (Wildman–Crippen MR) is 74.2 cm³/mol. The number of nitrogens with zero attached hydrogens (tertiary/aromatic N) is 1. The Morgan fingerprint density at radius 3 is 2.88 bits per heavy atom. The Labute approximate surface area is 119 Å². The molecule has 17 heavy (non-hydrogen) atoms. The van der Waals surface area contributed by atoms with Gasteiger partial charge in [0.1, 0.15) is 5.82 Å². The number of aromatic nitrogens is 2. The number of rotatable bonds is 3. The second kappa shape index (κ2) is 5.32. The van der Waals surface area contributed by atoms with Crippen molar-refractivity contribution in [1.29, 1.82) is 0 Å². The molecule has 0 saturated heterocycles. The molecule has 0 radical (unpaired) electrons. The minimum absolute atomic E-state index is 0.122. The number of aromatic amines is 1. The molecule has 0 aliphatic carbocycles. The van der Waals surface area contributed by atoms with Crippen LogP contribution in [0.2, 0.25) is 0 Å². The highest BCUT2D eigenvalue weighted by Gasteiger charge is 2.17. The topological polar surface area (TPSA) is 57.8 Å². The first-order chi connectivity index (χ1) is 8.08. The molecule has 0 aromatic carbocycles. The number of carbonyl (C=O) groups excluding carboxylic acids is 1. The number of thiophene rings is 1. The highest BCUT2D eigenvalue weighted by molar-refractivity contribution is 9.12. The maximum atomic E-state index is 12.0. The van der Waals surface area contributed by atoms with Crippen LogP contribution in [0.1, 0.15) is 29.1 Å². The molecule has 0 aliphatic rings. The van der Waals surface area contributed by atoms with Crippen LogP contribution < -0.4 is 5.32 Å². The van der Waals surface area contributed by atoms with E-state index in [0.717, 1.165) is 13.4 Å². The van der Waals surface area contributed by atoms with Gasteiger partial charge in [0.15, 0.2) is 0 Å². The van der Waals surface area contributed by atoms with Crippen molar-refractivity contribution in [3.8, 4) is 0 Å². The largest absolute Gasteiger partial charge is 0.347 e. The van der Waals surface area contributed by atoms with Gasteiger partial charge in [-0.3, -0.25) is 4.79 Å². The van der Waals surface area contributed by atoms with Crippen molar-refractivity contribution in [2.75, 3.05) is 0 Å². The average molecular weight is 379 g/mol. The van der Waals surface area contributed by atoms with Gasteiger partial charge >= 0.3 is 0 Å². The maximum absolute atomic E-state index is 12.0. The van der Waals surface area contributed by atoms with Crippen LogP contribution >= 0.6 is 43.2 Å². The molecule has 1 atom stereocenters. The minimum Gasteiger partial charge on any atom is -0.347 e. The van der Waals surface area contributed by atoms with Crippen LogP contribution in [0.15, 0.2) is 26.0 Å². The first-order valence-corrected chi connectivity index (χ1v) is 7.23. The normalized spacial score (nSPS) is 12.4. The molecule has 0 aliphatic heterocycles. The van der Waals surface area contributed by atoms with Crippen LogP contribution in [-0.4, -0.2) is 15.9 Å². The Hall–Kier alpha value is -0.660. The van der Waals surface area contributed by atoms with E-state index in [1.807, 2.05) is 6.92 Å².